The van der Waals surface area contributed by atoms with Crippen LogP contribution in [-0.4, -0.2) is 39.2 Å². The van der Waals surface area contributed by atoms with Crippen LogP contribution in [0.15, 0.2) is 89.7 Å². The number of anilines is 1. The lowest BCUT2D eigenvalue weighted by molar-refractivity contribution is -0.117. The lowest BCUT2D eigenvalue weighted by atomic mass is 10.1. The number of hydrogen-bond acceptors (Lipinski definition) is 5. The molecule has 3 aromatic carbocycles. The number of carbonyl (C=O) groups excluding carboxylic acids is 2. The van der Waals surface area contributed by atoms with Crippen LogP contribution in [0.4, 0.5) is 5.69 Å². The summed E-state index contributed by atoms with van der Waals surface area (Å²) in [7, 11) is 5.50. The first-order valence-corrected chi connectivity index (χ1v) is 10.3. The van der Waals surface area contributed by atoms with Gasteiger partial charge in [0.05, 0.1) is 13.3 Å². The van der Waals surface area contributed by atoms with Crippen LogP contribution in [0.1, 0.15) is 21.5 Å². The molecule has 7 heteroatoms. The number of rotatable bonds is 8. The summed E-state index contributed by atoms with van der Waals surface area (Å²) in [4.78, 5) is 27.5. The topological polar surface area (TPSA) is 83.0 Å². The van der Waals surface area contributed by atoms with E-state index < -0.39 is 11.8 Å². The van der Waals surface area contributed by atoms with E-state index in [1.54, 1.807) is 67.9 Å². The van der Waals surface area contributed by atoms with Crippen molar-refractivity contribution < 1.29 is 14.3 Å². The molecule has 0 spiro atoms. The van der Waals surface area contributed by atoms with Crippen LogP contribution in [0, 0.1) is 0 Å². The van der Waals surface area contributed by atoms with Crippen molar-refractivity contribution in [3.8, 4) is 5.75 Å². The zero-order valence-electron chi connectivity index (χ0n) is 18.8. The lowest BCUT2D eigenvalue weighted by Crippen LogP contribution is -2.32. The predicted octanol–water partition coefficient (Wildman–Crippen LogP) is 3.68. The van der Waals surface area contributed by atoms with Crippen LogP contribution in [0.3, 0.4) is 0 Å². The van der Waals surface area contributed by atoms with Gasteiger partial charge in [-0.2, -0.15) is 5.10 Å². The summed E-state index contributed by atoms with van der Waals surface area (Å²) in [5.41, 5.74) is 5.59. The minimum absolute atomic E-state index is 0.0640. The SMILES string of the molecule is COc1ccc(/C=C(/NC(=O)c2ccccc2)C(=O)N/N=C/c2ccc(N(C)C)cc2)cc1. The van der Waals surface area contributed by atoms with Gasteiger partial charge in [-0.3, -0.25) is 9.59 Å². The van der Waals surface area contributed by atoms with E-state index in [1.165, 1.54) is 0 Å². The highest BCUT2D eigenvalue weighted by atomic mass is 16.5. The molecule has 0 radical (unpaired) electrons. The summed E-state index contributed by atoms with van der Waals surface area (Å²) >= 11 is 0. The Bertz CT molecular complexity index is 1140. The fourth-order valence-corrected chi connectivity index (χ4v) is 2.89. The Morgan fingerprint density at radius 2 is 1.52 bits per heavy atom. The summed E-state index contributed by atoms with van der Waals surface area (Å²) in [6.45, 7) is 0. The molecule has 2 N–H and O–H groups in total. The van der Waals surface area contributed by atoms with Gasteiger partial charge in [-0.05, 0) is 53.6 Å². The van der Waals surface area contributed by atoms with Gasteiger partial charge in [0.15, 0.2) is 0 Å². The van der Waals surface area contributed by atoms with E-state index in [9.17, 15) is 9.59 Å². The Morgan fingerprint density at radius 3 is 2.12 bits per heavy atom. The largest absolute Gasteiger partial charge is 0.497 e. The molecule has 2 amide bonds. The number of amides is 2. The van der Waals surface area contributed by atoms with Crippen LogP contribution in [0.5, 0.6) is 5.75 Å². The monoisotopic (exact) mass is 442 g/mol. The number of nitrogens with zero attached hydrogens (tertiary/aromatic N) is 2. The molecule has 0 unspecified atom stereocenters. The van der Waals surface area contributed by atoms with Crippen molar-refractivity contribution in [3.63, 3.8) is 0 Å². The smallest absolute Gasteiger partial charge is 0.287 e. The average molecular weight is 443 g/mol. The molecule has 0 aliphatic heterocycles. The van der Waals surface area contributed by atoms with Gasteiger partial charge in [-0.25, -0.2) is 5.43 Å². The van der Waals surface area contributed by atoms with Gasteiger partial charge in [-0.1, -0.05) is 42.5 Å². The number of benzene rings is 3. The summed E-state index contributed by atoms with van der Waals surface area (Å²) in [5.74, 6) is -0.249. The Hall–Kier alpha value is -4.39. The highest BCUT2D eigenvalue weighted by Crippen LogP contribution is 2.14. The van der Waals surface area contributed by atoms with E-state index >= 15 is 0 Å². The summed E-state index contributed by atoms with van der Waals surface area (Å²) in [5, 5.41) is 6.71. The van der Waals surface area contributed by atoms with Gasteiger partial charge in [0.1, 0.15) is 11.4 Å². The molecule has 0 saturated heterocycles. The molecule has 0 fully saturated rings. The van der Waals surface area contributed by atoms with E-state index in [4.69, 9.17) is 4.74 Å². The van der Waals surface area contributed by atoms with Gasteiger partial charge in [-0.15, -0.1) is 0 Å². The van der Waals surface area contributed by atoms with Crippen LogP contribution in [0.2, 0.25) is 0 Å². The molecule has 0 aliphatic carbocycles. The molecule has 0 heterocycles. The summed E-state index contributed by atoms with van der Waals surface area (Å²) < 4.78 is 5.17. The second-order valence-corrected chi connectivity index (χ2v) is 7.34. The zero-order valence-corrected chi connectivity index (χ0v) is 18.8. The van der Waals surface area contributed by atoms with Crippen molar-refractivity contribution >= 4 is 29.8 Å². The minimum atomic E-state index is -0.545. The van der Waals surface area contributed by atoms with Gasteiger partial charge in [0, 0.05) is 25.3 Å². The Kier molecular flexibility index (Phi) is 7.96. The first-order chi connectivity index (χ1) is 16.0. The maximum atomic E-state index is 12.8. The van der Waals surface area contributed by atoms with E-state index in [0.717, 1.165) is 16.8 Å². The molecular formula is C26H26N4O3. The summed E-state index contributed by atoms with van der Waals surface area (Å²) in [6, 6.07) is 23.5. The van der Waals surface area contributed by atoms with E-state index in [1.807, 2.05) is 49.3 Å². The van der Waals surface area contributed by atoms with Crippen LogP contribution >= 0.6 is 0 Å². The third kappa shape index (κ3) is 6.80. The van der Waals surface area contributed by atoms with Gasteiger partial charge < -0.3 is 15.0 Å². The van der Waals surface area contributed by atoms with Gasteiger partial charge in [0.25, 0.3) is 11.8 Å². The van der Waals surface area contributed by atoms with E-state index in [-0.39, 0.29) is 5.70 Å². The molecule has 3 rings (SSSR count). The number of hydrazone groups is 1. The second kappa shape index (κ2) is 11.3. The van der Waals surface area contributed by atoms with Crippen molar-refractivity contribution in [2.75, 3.05) is 26.1 Å². The fourth-order valence-electron chi connectivity index (χ4n) is 2.89. The van der Waals surface area contributed by atoms with Crippen LogP contribution in [0.25, 0.3) is 6.08 Å². The number of ether oxygens (including phenoxy) is 1. The molecule has 0 aromatic heterocycles. The molecule has 33 heavy (non-hydrogen) atoms. The number of methoxy groups -OCH3 is 1. The maximum Gasteiger partial charge on any atom is 0.287 e. The average Bonchev–Trinajstić information content (AvgIpc) is 2.84. The highest BCUT2D eigenvalue weighted by molar-refractivity contribution is 6.05. The third-order valence-corrected chi connectivity index (χ3v) is 4.74. The lowest BCUT2D eigenvalue weighted by Gasteiger charge is -2.11. The van der Waals surface area contributed by atoms with Crippen LogP contribution in [-0.2, 0) is 4.79 Å². The molecule has 0 saturated carbocycles. The maximum absolute atomic E-state index is 12.8. The second-order valence-electron chi connectivity index (χ2n) is 7.34. The van der Waals surface area contributed by atoms with Crippen molar-refractivity contribution in [2.45, 2.75) is 0 Å². The first kappa shape index (κ1) is 23.3. The van der Waals surface area contributed by atoms with Crippen molar-refractivity contribution in [1.29, 1.82) is 0 Å². The number of nitrogens with one attached hydrogen (secondary N) is 2. The minimum Gasteiger partial charge on any atom is -0.497 e. The number of hydrogen-bond donors (Lipinski definition) is 2. The van der Waals surface area contributed by atoms with Crippen LogP contribution < -0.4 is 20.4 Å². The fraction of sp³-hybridized carbons (Fsp3) is 0.115. The molecule has 7 nitrogen and oxygen atoms in total. The first-order valence-electron chi connectivity index (χ1n) is 10.3. The van der Waals surface area contributed by atoms with Gasteiger partial charge >= 0.3 is 0 Å². The van der Waals surface area contributed by atoms with Gasteiger partial charge in [0.2, 0.25) is 0 Å². The zero-order chi connectivity index (χ0) is 23.6. The molecule has 3 aromatic rings. The Balaban J connectivity index is 1.77. The summed E-state index contributed by atoms with van der Waals surface area (Å²) in [6.07, 6.45) is 3.12. The van der Waals surface area contributed by atoms with Crippen molar-refractivity contribution in [2.24, 2.45) is 5.10 Å². The molecule has 168 valence electrons. The predicted molar refractivity (Wildman–Crippen MR) is 131 cm³/mol. The Labute approximate surface area is 193 Å². The quantitative estimate of drug-likeness (QED) is 0.317. The normalized spacial score (nSPS) is 11.2. The van der Waals surface area contributed by atoms with E-state index in [2.05, 4.69) is 15.8 Å². The van der Waals surface area contributed by atoms with E-state index in [0.29, 0.717) is 11.3 Å². The third-order valence-electron chi connectivity index (χ3n) is 4.74. The van der Waals surface area contributed by atoms with Crippen molar-refractivity contribution in [1.82, 2.24) is 10.7 Å². The molecule has 0 aliphatic rings. The molecular weight excluding hydrogens is 416 g/mol. The highest BCUT2D eigenvalue weighted by Gasteiger charge is 2.14. The number of carbonyl (C=O) groups is 2. The molecule has 0 bridgehead atoms. The standard InChI is InChI=1S/C26H26N4O3/c1-30(2)22-13-9-20(10-14-22)18-27-29-26(32)24(17-19-11-15-23(33-3)16-12-19)28-25(31)21-7-5-4-6-8-21/h4-18H,1-3H3,(H,28,31)(H,29,32)/b24-17+,27-18+. The Morgan fingerprint density at radius 1 is 0.879 bits per heavy atom. The molecule has 0 atom stereocenters. The van der Waals surface area contributed by atoms with Crippen molar-refractivity contribution in [3.05, 3.63) is 101 Å².